The predicted molar refractivity (Wildman–Crippen MR) is 55.9 cm³/mol. The summed E-state index contributed by atoms with van der Waals surface area (Å²) in [7, 11) is 0. The van der Waals surface area contributed by atoms with Crippen LogP contribution in [0.5, 0.6) is 0 Å². The molecule has 2 unspecified atom stereocenters. The molecule has 14 heavy (non-hydrogen) atoms. The summed E-state index contributed by atoms with van der Waals surface area (Å²) in [6.45, 7) is 1.89. The average molecular weight is 198 g/mol. The molecule has 0 saturated heterocycles. The Bertz CT molecular complexity index is 276. The van der Waals surface area contributed by atoms with Gasteiger partial charge in [-0.15, -0.1) is 0 Å². The Morgan fingerprint density at radius 3 is 2.57 bits per heavy atom. The highest BCUT2D eigenvalue weighted by Crippen LogP contribution is 2.24. The molecule has 0 saturated carbocycles. The van der Waals surface area contributed by atoms with Crippen LogP contribution < -0.4 is 0 Å². The van der Waals surface area contributed by atoms with Gasteiger partial charge in [0, 0.05) is 20.4 Å². The Labute approximate surface area is 86.4 Å². The van der Waals surface area contributed by atoms with E-state index in [-0.39, 0.29) is 6.61 Å². The van der Waals surface area contributed by atoms with E-state index in [1.165, 1.54) is 0 Å². The average Bonchev–Trinajstić information content (AvgIpc) is 2.71. The van der Waals surface area contributed by atoms with E-state index in [4.69, 9.17) is 6.48 Å². The van der Waals surface area contributed by atoms with E-state index < -0.39 is 12.1 Å². The molecule has 3 heteroatoms. The zero-order chi connectivity index (χ0) is 11.3. The van der Waals surface area contributed by atoms with Crippen molar-refractivity contribution in [3.05, 3.63) is 24.5 Å². The van der Waals surface area contributed by atoms with Gasteiger partial charge in [0.1, 0.15) is 5.72 Å². The van der Waals surface area contributed by atoms with E-state index >= 15 is 0 Å². The highest BCUT2D eigenvalue weighted by molar-refractivity contribution is 4.95. The van der Waals surface area contributed by atoms with Crippen molar-refractivity contribution in [2.45, 2.75) is 38.3 Å². The van der Waals surface area contributed by atoms with Crippen molar-refractivity contribution in [3.8, 4) is 0 Å². The van der Waals surface area contributed by atoms with E-state index in [2.05, 4.69) is 0 Å². The van der Waals surface area contributed by atoms with Crippen LogP contribution in [0, 0.1) is 0 Å². The van der Waals surface area contributed by atoms with Gasteiger partial charge >= 0.3 is 0 Å². The molecule has 0 aliphatic heterocycles. The summed E-state index contributed by atoms with van der Waals surface area (Å²) in [6.07, 6.45) is 4.48. The van der Waals surface area contributed by atoms with Crippen molar-refractivity contribution in [2.75, 3.05) is 6.61 Å². The summed E-state index contributed by atoms with van der Waals surface area (Å²) < 4.78 is 9.43. The van der Waals surface area contributed by atoms with Crippen LogP contribution in [0.4, 0.5) is 0 Å². The molecule has 0 fully saturated rings. The molecule has 1 aromatic heterocycles. The molecule has 0 aromatic carbocycles. The largest absolute Gasteiger partial charge is 0.396 e. The van der Waals surface area contributed by atoms with E-state index in [1.54, 1.807) is 17.0 Å². The maximum Gasteiger partial charge on any atom is 0.140 e. The van der Waals surface area contributed by atoms with Crippen LogP contribution in [0.25, 0.3) is 0 Å². The topological polar surface area (TPSA) is 45.4 Å². The van der Waals surface area contributed by atoms with Gasteiger partial charge in [0.05, 0.1) is 0 Å². The molecule has 0 aliphatic carbocycles. The van der Waals surface area contributed by atoms with Crippen LogP contribution in [-0.4, -0.2) is 21.4 Å². The second-order valence-corrected chi connectivity index (χ2v) is 3.43. The van der Waals surface area contributed by atoms with Crippen molar-refractivity contribution in [3.63, 3.8) is 0 Å². The fraction of sp³-hybridized carbons (Fsp3) is 0.636. The first kappa shape index (κ1) is 9.74. The minimum absolute atomic E-state index is 0.000358. The summed E-state index contributed by atoms with van der Waals surface area (Å²) in [5, 5.41) is 19.1. The number of aliphatic hydroxyl groups is 2. The molecule has 2 atom stereocenters. The number of aromatic nitrogens is 1. The van der Waals surface area contributed by atoms with Gasteiger partial charge in [-0.1, -0.05) is 6.92 Å². The lowest BCUT2D eigenvalue weighted by Gasteiger charge is -2.28. The van der Waals surface area contributed by atoms with Crippen LogP contribution in [0.15, 0.2) is 24.5 Å². The standard InChI is InChI=1S/C11H19NO2/c1-2-11(14,7-3-6-10-13)12-8-4-5-9-12/h4-5,8-9,13-14H,2-3,6-7,10H2,1H3/i3D. The van der Waals surface area contributed by atoms with E-state index in [1.807, 2.05) is 19.1 Å². The van der Waals surface area contributed by atoms with Crippen molar-refractivity contribution in [1.29, 1.82) is 0 Å². The zero-order valence-corrected chi connectivity index (χ0v) is 8.56. The molecule has 80 valence electrons. The highest BCUT2D eigenvalue weighted by atomic mass is 16.3. The Kier molecular flexibility index (Phi) is 3.60. The van der Waals surface area contributed by atoms with Gasteiger partial charge in [-0.05, 0) is 37.8 Å². The van der Waals surface area contributed by atoms with Crippen LogP contribution in [0.2, 0.25) is 0 Å². The van der Waals surface area contributed by atoms with Gasteiger partial charge in [0.2, 0.25) is 0 Å². The Morgan fingerprint density at radius 2 is 2.07 bits per heavy atom. The third-order valence-electron chi connectivity index (χ3n) is 2.46. The minimum Gasteiger partial charge on any atom is -0.396 e. The molecule has 1 aromatic rings. The Morgan fingerprint density at radius 1 is 1.43 bits per heavy atom. The molecule has 0 spiro atoms. The third kappa shape index (κ3) is 2.59. The quantitative estimate of drug-likeness (QED) is 0.731. The Balaban J connectivity index is 2.69. The first-order valence-electron chi connectivity index (χ1n) is 5.59. The fourth-order valence-electron chi connectivity index (χ4n) is 1.47. The summed E-state index contributed by atoms with van der Waals surface area (Å²) >= 11 is 0. The number of rotatable bonds is 6. The van der Waals surface area contributed by atoms with E-state index in [9.17, 15) is 5.11 Å². The van der Waals surface area contributed by atoms with Crippen molar-refractivity contribution in [2.24, 2.45) is 0 Å². The van der Waals surface area contributed by atoms with Crippen LogP contribution >= 0.6 is 0 Å². The summed E-state index contributed by atoms with van der Waals surface area (Å²) in [4.78, 5) is 0. The number of nitrogens with zero attached hydrogens (tertiary/aromatic N) is 1. The highest BCUT2D eigenvalue weighted by Gasteiger charge is 2.24. The fourth-order valence-corrected chi connectivity index (χ4v) is 1.47. The molecular weight excluding hydrogens is 178 g/mol. The first-order chi connectivity index (χ1) is 7.12. The van der Waals surface area contributed by atoms with Crippen LogP contribution in [0.3, 0.4) is 0 Å². The second kappa shape index (κ2) is 5.17. The van der Waals surface area contributed by atoms with Crippen molar-refractivity contribution < 1.29 is 11.6 Å². The number of aliphatic hydroxyl groups excluding tert-OH is 1. The van der Waals surface area contributed by atoms with Crippen LogP contribution in [-0.2, 0) is 5.72 Å². The predicted octanol–water partition coefficient (Wildman–Crippen LogP) is 1.71. The lowest BCUT2D eigenvalue weighted by atomic mass is 10.0. The lowest BCUT2D eigenvalue weighted by Crippen LogP contribution is -2.31. The summed E-state index contributed by atoms with van der Waals surface area (Å²) in [5.74, 6) is 0. The SMILES string of the molecule is [2H]C(CCO)CC(O)(CC)n1cccc1. The van der Waals surface area contributed by atoms with E-state index in [0.29, 0.717) is 19.3 Å². The normalized spacial score (nSPS) is 18.6. The van der Waals surface area contributed by atoms with Gasteiger partial charge in [0.25, 0.3) is 0 Å². The van der Waals surface area contributed by atoms with Gasteiger partial charge in [-0.2, -0.15) is 0 Å². The van der Waals surface area contributed by atoms with E-state index in [0.717, 1.165) is 0 Å². The maximum absolute atomic E-state index is 10.3. The number of hydrogen-bond donors (Lipinski definition) is 2. The van der Waals surface area contributed by atoms with Crippen molar-refractivity contribution in [1.82, 2.24) is 4.57 Å². The molecule has 1 rings (SSSR count). The molecule has 0 aliphatic rings. The van der Waals surface area contributed by atoms with Gasteiger partial charge in [0.15, 0.2) is 0 Å². The monoisotopic (exact) mass is 198 g/mol. The molecule has 0 bridgehead atoms. The zero-order valence-electron chi connectivity index (χ0n) is 9.56. The third-order valence-corrected chi connectivity index (χ3v) is 2.46. The molecule has 1 heterocycles. The summed E-state index contributed by atoms with van der Waals surface area (Å²) in [5.41, 5.74) is -0.995. The van der Waals surface area contributed by atoms with Gasteiger partial charge in [-0.3, -0.25) is 0 Å². The maximum atomic E-state index is 10.3. The first-order valence-corrected chi connectivity index (χ1v) is 5.01. The minimum atomic E-state index is -0.995. The van der Waals surface area contributed by atoms with Crippen LogP contribution in [0.1, 0.15) is 34.0 Å². The molecular formula is C11H19NO2. The van der Waals surface area contributed by atoms with Gasteiger partial charge in [-0.25, -0.2) is 0 Å². The Hall–Kier alpha value is -0.800. The molecule has 0 amide bonds. The summed E-state index contributed by atoms with van der Waals surface area (Å²) in [6, 6.07) is 3.71. The lowest BCUT2D eigenvalue weighted by molar-refractivity contribution is -0.0516. The second-order valence-electron chi connectivity index (χ2n) is 3.43. The molecule has 0 radical (unpaired) electrons. The van der Waals surface area contributed by atoms with Gasteiger partial charge < -0.3 is 14.8 Å². The van der Waals surface area contributed by atoms with Crippen molar-refractivity contribution >= 4 is 0 Å². The smallest absolute Gasteiger partial charge is 0.140 e. The molecule has 3 nitrogen and oxygen atoms in total. The number of hydrogen-bond acceptors (Lipinski definition) is 2. The molecule has 2 N–H and O–H groups in total.